The summed E-state index contributed by atoms with van der Waals surface area (Å²) in [5, 5.41) is 3.34. The minimum atomic E-state index is -4.81. The summed E-state index contributed by atoms with van der Waals surface area (Å²) in [6.07, 6.45) is -3.57. The Kier molecular flexibility index (Phi) is 5.06. The summed E-state index contributed by atoms with van der Waals surface area (Å²) in [6, 6.07) is 9.12. The van der Waals surface area contributed by atoms with Gasteiger partial charge in [0.25, 0.3) is 5.91 Å². The summed E-state index contributed by atoms with van der Waals surface area (Å²) in [6.45, 7) is 0. The zero-order valence-electron chi connectivity index (χ0n) is 12.8. The summed E-state index contributed by atoms with van der Waals surface area (Å²) in [4.78, 5) is 16.4. The monoisotopic (exact) mass is 400 g/mol. The first-order valence-electron chi connectivity index (χ1n) is 7.14. The Labute approximate surface area is 154 Å². The van der Waals surface area contributed by atoms with Crippen LogP contribution in [0, 0.1) is 5.82 Å². The summed E-state index contributed by atoms with van der Waals surface area (Å²) in [7, 11) is 0. The van der Waals surface area contributed by atoms with E-state index in [0.29, 0.717) is 16.8 Å². The minimum Gasteiger partial charge on any atom is -0.300 e. The lowest BCUT2D eigenvalue weighted by atomic mass is 10.1. The van der Waals surface area contributed by atoms with Crippen LogP contribution < -0.4 is 5.32 Å². The molecule has 3 rings (SSSR count). The fraction of sp³-hybridized carbons (Fsp3) is 0.0588. The lowest BCUT2D eigenvalue weighted by Gasteiger charge is -2.08. The van der Waals surface area contributed by atoms with Crippen LogP contribution in [0.2, 0.25) is 5.02 Å². The van der Waals surface area contributed by atoms with Crippen LogP contribution in [0.5, 0.6) is 0 Å². The van der Waals surface area contributed by atoms with Gasteiger partial charge in [-0.3, -0.25) is 4.79 Å². The Morgan fingerprint density at radius 2 is 1.81 bits per heavy atom. The van der Waals surface area contributed by atoms with Gasteiger partial charge in [-0.15, -0.1) is 0 Å². The molecule has 9 heteroatoms. The highest BCUT2D eigenvalue weighted by Crippen LogP contribution is 2.33. The van der Waals surface area contributed by atoms with Crippen molar-refractivity contribution in [2.75, 3.05) is 0 Å². The third kappa shape index (κ3) is 4.25. The largest absolute Gasteiger partial charge is 0.419 e. The van der Waals surface area contributed by atoms with Crippen LogP contribution in [0.3, 0.4) is 0 Å². The van der Waals surface area contributed by atoms with Gasteiger partial charge in [0.15, 0.2) is 5.17 Å². The van der Waals surface area contributed by atoms with Gasteiger partial charge in [0, 0.05) is 5.02 Å². The van der Waals surface area contributed by atoms with E-state index in [1.54, 1.807) is 24.3 Å². The van der Waals surface area contributed by atoms with Gasteiger partial charge in [0.05, 0.1) is 16.2 Å². The van der Waals surface area contributed by atoms with E-state index in [0.717, 1.165) is 17.8 Å². The normalized spacial score (nSPS) is 17.8. The fourth-order valence-electron chi connectivity index (χ4n) is 2.11. The van der Waals surface area contributed by atoms with E-state index in [1.165, 1.54) is 12.1 Å². The zero-order valence-corrected chi connectivity index (χ0v) is 14.3. The quantitative estimate of drug-likeness (QED) is 0.542. The van der Waals surface area contributed by atoms with Gasteiger partial charge < -0.3 is 5.32 Å². The number of hydrogen-bond donors (Lipinski definition) is 1. The van der Waals surface area contributed by atoms with E-state index >= 15 is 0 Å². The maximum atomic E-state index is 13.3. The average molecular weight is 401 g/mol. The Morgan fingerprint density at radius 3 is 2.46 bits per heavy atom. The van der Waals surface area contributed by atoms with E-state index in [-0.39, 0.29) is 15.6 Å². The van der Waals surface area contributed by atoms with Crippen molar-refractivity contribution < 1.29 is 22.4 Å². The maximum absolute atomic E-state index is 13.3. The number of thioether (sulfide) groups is 1. The van der Waals surface area contributed by atoms with Gasteiger partial charge in [-0.1, -0.05) is 17.7 Å². The number of aliphatic imine (C=N–C) groups is 1. The molecule has 0 atom stereocenters. The predicted molar refractivity (Wildman–Crippen MR) is 93.7 cm³/mol. The minimum absolute atomic E-state index is 0.0594. The van der Waals surface area contributed by atoms with Crippen molar-refractivity contribution in [2.24, 2.45) is 4.99 Å². The number of carbonyl (C=O) groups is 1. The number of amides is 1. The number of carbonyl (C=O) groups excluding carboxylic acids is 1. The molecule has 1 N–H and O–H groups in total. The maximum Gasteiger partial charge on any atom is 0.419 e. The van der Waals surface area contributed by atoms with Crippen LogP contribution in [-0.4, -0.2) is 11.1 Å². The number of amidine groups is 1. The molecule has 0 aliphatic carbocycles. The number of rotatable bonds is 2. The molecule has 2 aromatic carbocycles. The van der Waals surface area contributed by atoms with E-state index in [1.807, 2.05) is 0 Å². The Balaban J connectivity index is 1.86. The van der Waals surface area contributed by atoms with Crippen molar-refractivity contribution in [3.63, 3.8) is 0 Å². The molecule has 0 unspecified atom stereocenters. The Morgan fingerprint density at radius 1 is 1.12 bits per heavy atom. The third-order valence-corrected chi connectivity index (χ3v) is 4.46. The molecule has 2 aromatic rings. The zero-order chi connectivity index (χ0) is 18.9. The summed E-state index contributed by atoms with van der Waals surface area (Å²) in [5.41, 5.74) is -0.769. The van der Waals surface area contributed by atoms with Crippen molar-refractivity contribution >= 4 is 46.2 Å². The van der Waals surface area contributed by atoms with Crippen LogP contribution in [-0.2, 0) is 11.0 Å². The second-order valence-electron chi connectivity index (χ2n) is 5.20. The molecule has 0 saturated carbocycles. The van der Waals surface area contributed by atoms with E-state index in [2.05, 4.69) is 10.3 Å². The standard InChI is InChI=1S/C17H9ClF4N2OS/c18-10-2-4-11(5-3-10)23-16-24-15(25)14(26-16)8-9-1-6-13(19)12(7-9)17(20,21)22/h1-8H,(H,23,24,25)/b14-8+. The molecule has 1 heterocycles. The fourth-order valence-corrected chi connectivity index (χ4v) is 3.08. The van der Waals surface area contributed by atoms with Crippen molar-refractivity contribution in [3.05, 3.63) is 69.3 Å². The SMILES string of the molecule is O=C1N/C(=N\c2ccc(Cl)cc2)S/C1=C/c1ccc(F)c(C(F)(F)F)c1. The van der Waals surface area contributed by atoms with E-state index in [4.69, 9.17) is 11.6 Å². The molecule has 0 aromatic heterocycles. The average Bonchev–Trinajstić information content (AvgIpc) is 2.90. The first-order chi connectivity index (χ1) is 12.2. The number of hydrogen-bond acceptors (Lipinski definition) is 3. The van der Waals surface area contributed by atoms with Crippen molar-refractivity contribution in [3.8, 4) is 0 Å². The second-order valence-corrected chi connectivity index (χ2v) is 6.66. The molecule has 134 valence electrons. The molecule has 1 saturated heterocycles. The Bertz CT molecular complexity index is 923. The lowest BCUT2D eigenvalue weighted by molar-refractivity contribution is -0.140. The van der Waals surface area contributed by atoms with Crippen LogP contribution in [0.4, 0.5) is 23.2 Å². The highest BCUT2D eigenvalue weighted by Gasteiger charge is 2.34. The van der Waals surface area contributed by atoms with Gasteiger partial charge in [0.2, 0.25) is 0 Å². The van der Waals surface area contributed by atoms with Gasteiger partial charge >= 0.3 is 6.18 Å². The molecule has 1 fully saturated rings. The van der Waals surface area contributed by atoms with Crippen LogP contribution >= 0.6 is 23.4 Å². The molecule has 0 bridgehead atoms. The van der Waals surface area contributed by atoms with Crippen molar-refractivity contribution in [1.82, 2.24) is 5.32 Å². The highest BCUT2D eigenvalue weighted by molar-refractivity contribution is 8.18. The third-order valence-electron chi connectivity index (χ3n) is 3.30. The van der Waals surface area contributed by atoms with Crippen molar-refractivity contribution in [2.45, 2.75) is 6.18 Å². The number of nitrogens with zero attached hydrogens (tertiary/aromatic N) is 1. The molecule has 0 radical (unpaired) electrons. The molecular weight excluding hydrogens is 392 g/mol. The smallest absolute Gasteiger partial charge is 0.300 e. The van der Waals surface area contributed by atoms with Crippen LogP contribution in [0.1, 0.15) is 11.1 Å². The first kappa shape index (κ1) is 18.5. The predicted octanol–water partition coefficient (Wildman–Crippen LogP) is 5.39. The number of halogens is 5. The van der Waals surface area contributed by atoms with Gasteiger partial charge in [-0.2, -0.15) is 13.2 Å². The number of nitrogens with one attached hydrogen (secondary N) is 1. The number of benzene rings is 2. The highest BCUT2D eigenvalue weighted by atomic mass is 35.5. The first-order valence-corrected chi connectivity index (χ1v) is 8.34. The molecule has 1 amide bonds. The van der Waals surface area contributed by atoms with Gasteiger partial charge in [0.1, 0.15) is 5.82 Å². The van der Waals surface area contributed by atoms with Crippen molar-refractivity contribution in [1.29, 1.82) is 0 Å². The second kappa shape index (κ2) is 7.13. The van der Waals surface area contributed by atoms with Crippen LogP contribution in [0.15, 0.2) is 52.4 Å². The van der Waals surface area contributed by atoms with E-state index < -0.39 is 23.5 Å². The molecule has 26 heavy (non-hydrogen) atoms. The topological polar surface area (TPSA) is 41.5 Å². The Hall–Kier alpha value is -2.32. The molecule has 1 aliphatic rings. The molecular formula is C17H9ClF4N2OS. The summed E-state index contributed by atoms with van der Waals surface area (Å²) >= 11 is 6.75. The van der Waals surface area contributed by atoms with Crippen LogP contribution in [0.25, 0.3) is 6.08 Å². The molecule has 0 spiro atoms. The molecule has 3 nitrogen and oxygen atoms in total. The summed E-state index contributed by atoms with van der Waals surface area (Å²) < 4.78 is 51.7. The lowest BCUT2D eigenvalue weighted by Crippen LogP contribution is -2.19. The summed E-state index contributed by atoms with van der Waals surface area (Å²) in [5.74, 6) is -1.87. The van der Waals surface area contributed by atoms with E-state index in [9.17, 15) is 22.4 Å². The van der Waals surface area contributed by atoms with Gasteiger partial charge in [-0.25, -0.2) is 9.38 Å². The van der Waals surface area contributed by atoms with Gasteiger partial charge in [-0.05, 0) is 59.8 Å². The molecule has 1 aliphatic heterocycles. The number of alkyl halides is 3.